The van der Waals surface area contributed by atoms with Gasteiger partial charge in [-0.15, -0.1) is 0 Å². The molecule has 0 atom stereocenters. The van der Waals surface area contributed by atoms with Gasteiger partial charge in [0, 0.05) is 6.61 Å². The Kier molecular flexibility index (Phi) is 6.46. The Morgan fingerprint density at radius 1 is 1.24 bits per heavy atom. The van der Waals surface area contributed by atoms with Gasteiger partial charge in [-0.05, 0) is 31.4 Å². The van der Waals surface area contributed by atoms with Gasteiger partial charge in [0.2, 0.25) is 0 Å². The van der Waals surface area contributed by atoms with E-state index in [1.165, 1.54) is 0 Å². The van der Waals surface area contributed by atoms with Gasteiger partial charge in [-0.2, -0.15) is 5.26 Å². The molecule has 0 amide bonds. The normalized spacial score (nSPS) is 9.94. The lowest BCUT2D eigenvalue weighted by molar-refractivity contribution is 0.273. The van der Waals surface area contributed by atoms with Gasteiger partial charge in [0.05, 0.1) is 11.6 Å². The average Bonchev–Trinajstić information content (AvgIpc) is 2.34. The Morgan fingerprint density at radius 2 is 2.00 bits per heavy atom. The molecule has 0 spiro atoms. The molecule has 0 aliphatic rings. The van der Waals surface area contributed by atoms with Crippen molar-refractivity contribution in [1.29, 1.82) is 5.26 Å². The van der Waals surface area contributed by atoms with E-state index in [1.54, 1.807) is 18.2 Å². The number of halogens is 1. The number of unbranched alkanes of at least 4 members (excludes halogenated alkanes) is 3. The minimum absolute atomic E-state index is 0.244. The summed E-state index contributed by atoms with van der Waals surface area (Å²) in [6.45, 7) is 0.814. The molecule has 0 bridgehead atoms. The molecule has 0 radical (unpaired) electrons. The maximum atomic E-state index is 8.93. The molecule has 92 valence electrons. The van der Waals surface area contributed by atoms with Crippen LogP contribution >= 0.6 is 11.6 Å². The molecule has 0 saturated heterocycles. The summed E-state index contributed by atoms with van der Waals surface area (Å²) in [5, 5.41) is 18.0. The van der Waals surface area contributed by atoms with Crippen molar-refractivity contribution in [3.8, 4) is 11.8 Å². The Hall–Kier alpha value is -1.24. The predicted molar refractivity (Wildman–Crippen MR) is 67.2 cm³/mol. The fraction of sp³-hybridized carbons (Fsp3) is 0.462. The summed E-state index contributed by atoms with van der Waals surface area (Å²) in [5.74, 6) is 0.544. The number of nitrogens with zero attached hydrogens (tertiary/aromatic N) is 1. The van der Waals surface area contributed by atoms with Crippen LogP contribution in [0.4, 0.5) is 0 Å². The fourth-order valence-electron chi connectivity index (χ4n) is 1.48. The maximum absolute atomic E-state index is 8.93. The monoisotopic (exact) mass is 253 g/mol. The van der Waals surface area contributed by atoms with E-state index < -0.39 is 0 Å². The summed E-state index contributed by atoms with van der Waals surface area (Å²) in [5.41, 5.74) is 0.393. The van der Waals surface area contributed by atoms with Gasteiger partial charge in [0.25, 0.3) is 0 Å². The van der Waals surface area contributed by atoms with Crippen molar-refractivity contribution in [2.45, 2.75) is 25.7 Å². The highest BCUT2D eigenvalue weighted by molar-refractivity contribution is 6.31. The predicted octanol–water partition coefficient (Wildman–Crippen LogP) is 3.14. The fourth-order valence-corrected chi connectivity index (χ4v) is 1.69. The van der Waals surface area contributed by atoms with E-state index in [9.17, 15) is 0 Å². The Balaban J connectivity index is 2.37. The molecule has 1 aromatic carbocycles. The SMILES string of the molecule is N#Cc1c(Cl)cccc1OCCCCCCO. The molecule has 3 nitrogen and oxygen atoms in total. The second kappa shape index (κ2) is 7.94. The second-order valence-electron chi connectivity index (χ2n) is 3.71. The van der Waals surface area contributed by atoms with Gasteiger partial charge in [-0.25, -0.2) is 0 Å². The van der Waals surface area contributed by atoms with Crippen molar-refractivity contribution in [3.05, 3.63) is 28.8 Å². The summed E-state index contributed by atoms with van der Waals surface area (Å²) in [6.07, 6.45) is 3.77. The van der Waals surface area contributed by atoms with Crippen LogP contribution < -0.4 is 4.74 Å². The van der Waals surface area contributed by atoms with Gasteiger partial charge in [-0.3, -0.25) is 0 Å². The molecule has 1 aromatic rings. The molecule has 0 unspecified atom stereocenters. The Labute approximate surface area is 107 Å². The van der Waals surface area contributed by atoms with E-state index in [4.69, 9.17) is 26.7 Å². The van der Waals surface area contributed by atoms with Crippen LogP contribution in [0.1, 0.15) is 31.2 Å². The molecule has 0 aliphatic carbocycles. The zero-order valence-corrected chi connectivity index (χ0v) is 10.4. The molecule has 0 fully saturated rings. The van der Waals surface area contributed by atoms with Crippen molar-refractivity contribution >= 4 is 11.6 Å². The van der Waals surface area contributed by atoms with Gasteiger partial charge < -0.3 is 9.84 Å². The third-order valence-electron chi connectivity index (χ3n) is 2.40. The van der Waals surface area contributed by atoms with E-state index >= 15 is 0 Å². The van der Waals surface area contributed by atoms with E-state index in [0.717, 1.165) is 25.7 Å². The molecule has 0 saturated carbocycles. The molecule has 0 heterocycles. The lowest BCUT2D eigenvalue weighted by atomic mass is 10.2. The van der Waals surface area contributed by atoms with Crippen molar-refractivity contribution in [3.63, 3.8) is 0 Å². The quantitative estimate of drug-likeness (QED) is 0.760. The van der Waals surface area contributed by atoms with Crippen molar-refractivity contribution in [2.24, 2.45) is 0 Å². The van der Waals surface area contributed by atoms with Crippen LogP contribution in [0.5, 0.6) is 5.75 Å². The maximum Gasteiger partial charge on any atom is 0.138 e. The third kappa shape index (κ3) is 4.64. The third-order valence-corrected chi connectivity index (χ3v) is 2.71. The average molecular weight is 254 g/mol. The molecule has 1 rings (SSSR count). The van der Waals surface area contributed by atoms with Crippen LogP contribution in [0.2, 0.25) is 5.02 Å². The van der Waals surface area contributed by atoms with Gasteiger partial charge in [0.1, 0.15) is 17.4 Å². The number of nitriles is 1. The largest absolute Gasteiger partial charge is 0.492 e. The van der Waals surface area contributed by atoms with E-state index in [1.807, 2.05) is 6.07 Å². The van der Waals surface area contributed by atoms with Crippen LogP contribution in [0, 0.1) is 11.3 Å². The standard InChI is InChI=1S/C13H16ClNO2/c14-12-6-5-7-13(11(12)10-15)17-9-4-2-1-3-8-16/h5-7,16H,1-4,8-9H2. The highest BCUT2D eigenvalue weighted by Gasteiger charge is 2.06. The molecule has 0 aliphatic heterocycles. The summed E-state index contributed by atoms with van der Waals surface area (Å²) < 4.78 is 5.52. The zero-order chi connectivity index (χ0) is 12.5. The first kappa shape index (κ1) is 13.8. The number of rotatable bonds is 7. The Morgan fingerprint density at radius 3 is 2.71 bits per heavy atom. The van der Waals surface area contributed by atoms with Crippen LogP contribution in [-0.2, 0) is 0 Å². The molecule has 1 N–H and O–H groups in total. The number of benzene rings is 1. The number of ether oxygens (including phenoxy) is 1. The lowest BCUT2D eigenvalue weighted by Crippen LogP contribution is -1.99. The summed E-state index contributed by atoms with van der Waals surface area (Å²) in [6, 6.07) is 7.23. The molecule has 4 heteroatoms. The highest BCUT2D eigenvalue weighted by Crippen LogP contribution is 2.25. The van der Waals surface area contributed by atoms with Gasteiger partial charge in [0.15, 0.2) is 0 Å². The van der Waals surface area contributed by atoms with E-state index in [0.29, 0.717) is 22.9 Å². The molecular formula is C13H16ClNO2. The lowest BCUT2D eigenvalue weighted by Gasteiger charge is -2.08. The number of hydrogen-bond acceptors (Lipinski definition) is 3. The Bertz CT molecular complexity index is 387. The number of aliphatic hydroxyl groups is 1. The smallest absolute Gasteiger partial charge is 0.138 e. The first-order valence-electron chi connectivity index (χ1n) is 5.72. The van der Waals surface area contributed by atoms with Crippen LogP contribution in [-0.4, -0.2) is 18.3 Å². The number of aliphatic hydroxyl groups excluding tert-OH is 1. The van der Waals surface area contributed by atoms with E-state index in [2.05, 4.69) is 0 Å². The highest BCUT2D eigenvalue weighted by atomic mass is 35.5. The zero-order valence-electron chi connectivity index (χ0n) is 9.66. The van der Waals surface area contributed by atoms with Gasteiger partial charge in [-0.1, -0.05) is 24.1 Å². The second-order valence-corrected chi connectivity index (χ2v) is 4.12. The van der Waals surface area contributed by atoms with Crippen molar-refractivity contribution in [1.82, 2.24) is 0 Å². The molecular weight excluding hydrogens is 238 g/mol. The summed E-state index contributed by atoms with van der Waals surface area (Å²) in [7, 11) is 0. The van der Waals surface area contributed by atoms with Crippen molar-refractivity contribution < 1.29 is 9.84 Å². The van der Waals surface area contributed by atoms with Crippen LogP contribution in [0.15, 0.2) is 18.2 Å². The molecule has 17 heavy (non-hydrogen) atoms. The number of hydrogen-bond donors (Lipinski definition) is 1. The summed E-state index contributed by atoms with van der Waals surface area (Å²) >= 11 is 5.88. The topological polar surface area (TPSA) is 53.2 Å². The minimum atomic E-state index is 0.244. The minimum Gasteiger partial charge on any atom is -0.492 e. The van der Waals surface area contributed by atoms with Crippen molar-refractivity contribution in [2.75, 3.05) is 13.2 Å². The first-order chi connectivity index (χ1) is 8.29. The summed E-state index contributed by atoms with van der Waals surface area (Å²) in [4.78, 5) is 0. The van der Waals surface area contributed by atoms with Crippen LogP contribution in [0.3, 0.4) is 0 Å². The van der Waals surface area contributed by atoms with Crippen LogP contribution in [0.25, 0.3) is 0 Å². The molecule has 0 aromatic heterocycles. The van der Waals surface area contributed by atoms with Gasteiger partial charge >= 0.3 is 0 Å². The van der Waals surface area contributed by atoms with E-state index in [-0.39, 0.29) is 6.61 Å². The first-order valence-corrected chi connectivity index (χ1v) is 6.09.